The Kier molecular flexibility index (Phi) is 12.7. The van der Waals surface area contributed by atoms with Crippen LogP contribution in [0.25, 0.3) is 0 Å². The lowest BCUT2D eigenvalue weighted by molar-refractivity contribution is -0.387. The van der Waals surface area contributed by atoms with Crippen LogP contribution in [0.2, 0.25) is 0 Å². The standard InChI is InChI=1S/C19H23N5O8S.C2HF3O2/c20-19(21)22-32-11-3-10-31-14-8-6-13(7-9-14)12-15(18(25)26)23-33(29,30)17-5-2-1-4-16(17)24(27)28;3-2(4,5)1(6)7/h1-2,4-9,15,23H,3,10-12H2,(H,25,26)(H4,20,21,22);(H,6,7)/t15-;/m0./s1. The number of rotatable bonds is 13. The van der Waals surface area contributed by atoms with E-state index in [4.69, 9.17) is 30.6 Å². The van der Waals surface area contributed by atoms with Crippen molar-refractivity contribution >= 4 is 33.6 Å². The maximum atomic E-state index is 12.6. The average Bonchev–Trinajstić information content (AvgIpc) is 2.86. The van der Waals surface area contributed by atoms with Crippen LogP contribution in [0.15, 0.2) is 53.4 Å². The topological polar surface area (TPSA) is 244 Å². The van der Waals surface area contributed by atoms with E-state index in [9.17, 15) is 41.6 Å². The van der Waals surface area contributed by atoms with Crippen molar-refractivity contribution in [3.8, 4) is 5.75 Å². The Bertz CT molecular complexity index is 1290. The second kappa shape index (κ2) is 15.2. The lowest BCUT2D eigenvalue weighted by atomic mass is 10.1. The van der Waals surface area contributed by atoms with Gasteiger partial charge in [0.05, 0.1) is 18.1 Å². The normalized spacial score (nSPS) is 11.9. The Balaban J connectivity index is 0.00000101. The number of hydroxylamine groups is 1. The van der Waals surface area contributed by atoms with Gasteiger partial charge in [-0.3, -0.25) is 25.2 Å². The highest BCUT2D eigenvalue weighted by Gasteiger charge is 2.38. The summed E-state index contributed by atoms with van der Waals surface area (Å²) in [4.78, 5) is 35.1. The molecular weight excluding hydrogens is 571 g/mol. The van der Waals surface area contributed by atoms with Crippen LogP contribution in [0.3, 0.4) is 0 Å². The maximum absolute atomic E-state index is 12.6. The number of nitrogens with two attached hydrogens (primary N) is 1. The first-order chi connectivity index (χ1) is 18.5. The molecular formula is C21H24F3N5O10S. The number of sulfonamides is 1. The van der Waals surface area contributed by atoms with Crippen LogP contribution in [0, 0.1) is 15.5 Å². The summed E-state index contributed by atoms with van der Waals surface area (Å²) in [6.45, 7) is 0.573. The minimum atomic E-state index is -5.08. The van der Waals surface area contributed by atoms with E-state index >= 15 is 0 Å². The number of hydrogen-bond donors (Lipinski definition) is 6. The fourth-order valence-corrected chi connectivity index (χ4v) is 4.03. The number of carboxylic acids is 2. The Morgan fingerprint density at radius 2 is 1.68 bits per heavy atom. The number of nitrogens with zero attached hydrogens (tertiary/aromatic N) is 1. The van der Waals surface area contributed by atoms with E-state index in [1.165, 1.54) is 12.1 Å². The molecule has 220 valence electrons. The summed E-state index contributed by atoms with van der Waals surface area (Å²) >= 11 is 0. The molecule has 0 aliphatic carbocycles. The average molecular weight is 596 g/mol. The van der Waals surface area contributed by atoms with Crippen molar-refractivity contribution in [2.24, 2.45) is 5.73 Å². The quantitative estimate of drug-likeness (QED) is 0.0632. The summed E-state index contributed by atoms with van der Waals surface area (Å²) in [7, 11) is -4.47. The minimum absolute atomic E-state index is 0.194. The van der Waals surface area contributed by atoms with Crippen LogP contribution in [-0.4, -0.2) is 66.9 Å². The van der Waals surface area contributed by atoms with Crippen molar-refractivity contribution < 1.29 is 55.9 Å². The number of nitro groups is 1. The molecule has 2 rings (SSSR count). The van der Waals surface area contributed by atoms with Gasteiger partial charge in [0.2, 0.25) is 16.0 Å². The molecule has 0 fully saturated rings. The Morgan fingerprint density at radius 3 is 2.17 bits per heavy atom. The van der Waals surface area contributed by atoms with Crippen molar-refractivity contribution in [1.29, 1.82) is 5.41 Å². The molecule has 0 aliphatic rings. The number of nitro benzene ring substituents is 1. The molecule has 0 spiro atoms. The summed E-state index contributed by atoms with van der Waals surface area (Å²) in [5.74, 6) is -4.00. The van der Waals surface area contributed by atoms with Gasteiger partial charge < -0.3 is 20.7 Å². The highest BCUT2D eigenvalue weighted by molar-refractivity contribution is 7.89. The van der Waals surface area contributed by atoms with E-state index in [0.717, 1.165) is 12.1 Å². The highest BCUT2D eigenvalue weighted by atomic mass is 32.2. The summed E-state index contributed by atoms with van der Waals surface area (Å²) in [5.41, 5.74) is 7.11. The second-order valence-corrected chi connectivity index (χ2v) is 9.14. The van der Waals surface area contributed by atoms with Crippen LogP contribution in [0.1, 0.15) is 12.0 Å². The van der Waals surface area contributed by atoms with Gasteiger partial charge in [0, 0.05) is 12.5 Å². The smallest absolute Gasteiger partial charge is 0.490 e. The summed E-state index contributed by atoms with van der Waals surface area (Å²) in [6, 6.07) is 9.48. The molecule has 0 saturated carbocycles. The van der Waals surface area contributed by atoms with Gasteiger partial charge in [0.1, 0.15) is 11.8 Å². The van der Waals surface area contributed by atoms with Crippen molar-refractivity contribution in [3.63, 3.8) is 0 Å². The lowest BCUT2D eigenvalue weighted by Gasteiger charge is -2.15. The van der Waals surface area contributed by atoms with E-state index in [2.05, 4.69) is 5.48 Å². The number of hydrogen-bond acceptors (Lipinski definition) is 9. The predicted octanol–water partition coefficient (Wildman–Crippen LogP) is 1.39. The van der Waals surface area contributed by atoms with Gasteiger partial charge in [-0.2, -0.15) is 17.9 Å². The molecule has 15 nitrogen and oxygen atoms in total. The molecule has 2 aromatic carbocycles. The third-order valence-electron chi connectivity index (χ3n) is 4.39. The van der Waals surface area contributed by atoms with Gasteiger partial charge in [-0.25, -0.2) is 18.7 Å². The fourth-order valence-electron chi connectivity index (χ4n) is 2.67. The molecule has 40 heavy (non-hydrogen) atoms. The molecule has 0 aliphatic heterocycles. The number of halogens is 3. The van der Waals surface area contributed by atoms with Gasteiger partial charge in [-0.05, 0) is 30.2 Å². The zero-order valence-corrected chi connectivity index (χ0v) is 21.1. The largest absolute Gasteiger partial charge is 0.494 e. The number of carboxylic acid groups (broad SMARTS) is 2. The number of guanidine groups is 1. The fraction of sp³-hybridized carbons (Fsp3) is 0.286. The van der Waals surface area contributed by atoms with Crippen LogP contribution in [0.5, 0.6) is 5.75 Å². The molecule has 0 saturated heterocycles. The van der Waals surface area contributed by atoms with Gasteiger partial charge in [0.15, 0.2) is 4.90 Å². The van der Waals surface area contributed by atoms with Crippen molar-refractivity contribution in [1.82, 2.24) is 10.2 Å². The second-order valence-electron chi connectivity index (χ2n) is 7.45. The first-order valence-corrected chi connectivity index (χ1v) is 12.2. The number of carbonyl (C=O) groups is 2. The van der Waals surface area contributed by atoms with E-state index in [1.807, 2.05) is 4.72 Å². The van der Waals surface area contributed by atoms with Gasteiger partial charge in [-0.1, -0.05) is 24.3 Å². The molecule has 1 atom stereocenters. The zero-order valence-electron chi connectivity index (χ0n) is 20.3. The Hall–Kier alpha value is -4.49. The highest BCUT2D eigenvalue weighted by Crippen LogP contribution is 2.23. The molecule has 19 heteroatoms. The molecule has 0 aromatic heterocycles. The molecule has 0 radical (unpaired) electrons. The van der Waals surface area contributed by atoms with Crippen LogP contribution < -0.4 is 20.7 Å². The lowest BCUT2D eigenvalue weighted by Crippen LogP contribution is -2.42. The summed E-state index contributed by atoms with van der Waals surface area (Å²) in [5, 5.41) is 34.7. The molecule has 0 bridgehead atoms. The number of aliphatic carboxylic acids is 2. The summed E-state index contributed by atoms with van der Waals surface area (Å²) < 4.78 is 64.5. The van der Waals surface area contributed by atoms with E-state index in [-0.39, 0.29) is 19.0 Å². The Morgan fingerprint density at radius 1 is 1.10 bits per heavy atom. The SMILES string of the molecule is N=C(N)NOCCCOc1ccc(C[C@H](NS(=O)(=O)c2ccccc2[N+](=O)[O-])C(=O)O)cc1.O=C(O)C(F)(F)F. The summed E-state index contributed by atoms with van der Waals surface area (Å²) in [6.07, 6.45) is -4.77. The monoisotopic (exact) mass is 595 g/mol. The van der Waals surface area contributed by atoms with Crippen molar-refractivity contribution in [2.75, 3.05) is 13.2 Å². The molecule has 7 N–H and O–H groups in total. The zero-order chi connectivity index (χ0) is 30.5. The number of alkyl halides is 3. The van der Waals surface area contributed by atoms with E-state index in [1.54, 1.807) is 24.3 Å². The van der Waals surface area contributed by atoms with Gasteiger partial charge in [-0.15, -0.1) is 0 Å². The van der Waals surface area contributed by atoms with Gasteiger partial charge in [0.25, 0.3) is 5.69 Å². The number of ether oxygens (including phenoxy) is 1. The molecule has 0 amide bonds. The third-order valence-corrected chi connectivity index (χ3v) is 5.91. The van der Waals surface area contributed by atoms with Crippen LogP contribution >= 0.6 is 0 Å². The van der Waals surface area contributed by atoms with Gasteiger partial charge >= 0.3 is 18.1 Å². The number of para-hydroxylation sites is 1. The number of benzene rings is 2. The van der Waals surface area contributed by atoms with Crippen LogP contribution in [0.4, 0.5) is 18.9 Å². The molecule has 2 aromatic rings. The van der Waals surface area contributed by atoms with Crippen molar-refractivity contribution in [2.45, 2.75) is 30.0 Å². The Labute approximate surface area is 224 Å². The first-order valence-electron chi connectivity index (χ1n) is 10.8. The first kappa shape index (κ1) is 33.5. The predicted molar refractivity (Wildman–Crippen MR) is 130 cm³/mol. The van der Waals surface area contributed by atoms with Crippen molar-refractivity contribution in [3.05, 3.63) is 64.2 Å². The minimum Gasteiger partial charge on any atom is -0.494 e. The van der Waals surface area contributed by atoms with E-state index < -0.39 is 49.7 Å². The number of nitrogens with one attached hydrogen (secondary N) is 3. The third kappa shape index (κ3) is 11.9. The molecule has 0 heterocycles. The van der Waals surface area contributed by atoms with Crippen LogP contribution in [-0.2, 0) is 30.9 Å². The molecule has 0 unspecified atom stereocenters. The van der Waals surface area contributed by atoms with E-state index in [0.29, 0.717) is 24.3 Å². The maximum Gasteiger partial charge on any atom is 0.490 e.